The third kappa shape index (κ3) is 6.93. The molecule has 3 aromatic carbocycles. The lowest BCUT2D eigenvalue weighted by atomic mass is 10.1. The summed E-state index contributed by atoms with van der Waals surface area (Å²) in [4.78, 5) is 27.2. The first-order valence-corrected chi connectivity index (χ1v) is 13.4. The molecule has 0 aliphatic carbocycles. The highest BCUT2D eigenvalue weighted by molar-refractivity contribution is 6.06. The molecule has 1 amide bonds. The average molecular weight is 626 g/mol. The van der Waals surface area contributed by atoms with E-state index >= 15 is 0 Å². The molecule has 1 aliphatic heterocycles. The molecule has 0 saturated heterocycles. The van der Waals surface area contributed by atoms with Gasteiger partial charge in [0, 0.05) is 24.4 Å². The number of benzene rings is 3. The fourth-order valence-electron chi connectivity index (χ4n) is 4.36. The number of rotatable bonds is 7. The molecule has 0 unspecified atom stereocenters. The van der Waals surface area contributed by atoms with Crippen molar-refractivity contribution in [2.75, 3.05) is 18.7 Å². The van der Waals surface area contributed by atoms with E-state index in [2.05, 4.69) is 11.7 Å². The molecule has 10 nitrogen and oxygen atoms in total. The van der Waals surface area contributed by atoms with Crippen molar-refractivity contribution in [3.05, 3.63) is 95.7 Å². The van der Waals surface area contributed by atoms with Gasteiger partial charge in [0.15, 0.2) is 17.2 Å². The Kier molecular flexibility index (Phi) is 8.96. The number of aromatic nitrogens is 2. The summed E-state index contributed by atoms with van der Waals surface area (Å²) in [5.41, 5.74) is -1.26. The number of carbonyl (C=O) groups excluding carboxylic acids is 2. The number of halogens is 3. The number of carbonyl (C=O) groups is 2. The summed E-state index contributed by atoms with van der Waals surface area (Å²) >= 11 is 0. The zero-order chi connectivity index (χ0) is 31.8. The predicted molar refractivity (Wildman–Crippen MR) is 159 cm³/mol. The summed E-state index contributed by atoms with van der Waals surface area (Å²) < 4.78 is 65.1. The minimum absolute atomic E-state index is 0. The van der Waals surface area contributed by atoms with Crippen LogP contribution in [0, 0.1) is 0 Å². The van der Waals surface area contributed by atoms with E-state index in [9.17, 15) is 22.8 Å². The minimum Gasteiger partial charge on any atom is -0.456 e. The molecule has 0 spiro atoms. The van der Waals surface area contributed by atoms with E-state index in [1.165, 1.54) is 53.4 Å². The molecule has 1 aromatic heterocycles. The van der Waals surface area contributed by atoms with Gasteiger partial charge in [-0.25, -0.2) is 4.79 Å². The van der Waals surface area contributed by atoms with Crippen LogP contribution in [0.1, 0.15) is 52.7 Å². The number of anilines is 1. The standard InChI is InChI=1S/C32H28F3N3O6.H2O/c1-6-24-27(32(33,34)35)36-38(29(24)43-23-13-10-19(11-14-23)30(40)44-31(2,3)4)22-9-7-8-20(16-22)28(39)37(5)21-12-15-25-26(17-21)42-18-41-25;/h6-17H,1,18H2,2-5H3;1H2. The lowest BCUT2D eigenvalue weighted by Gasteiger charge is -2.19. The van der Waals surface area contributed by atoms with Gasteiger partial charge in [-0.1, -0.05) is 18.7 Å². The Labute approximate surface area is 256 Å². The van der Waals surface area contributed by atoms with Crippen molar-refractivity contribution >= 4 is 23.6 Å². The Morgan fingerprint density at radius 2 is 1.67 bits per heavy atom. The average Bonchev–Trinajstić information content (AvgIpc) is 3.60. The van der Waals surface area contributed by atoms with Gasteiger partial charge in [0.05, 0.1) is 16.8 Å². The van der Waals surface area contributed by atoms with Crippen LogP contribution in [0.2, 0.25) is 0 Å². The summed E-state index contributed by atoms with van der Waals surface area (Å²) in [6.07, 6.45) is -3.83. The SMILES string of the molecule is C=Cc1c(C(F)(F)F)nn(-c2cccc(C(=O)N(C)c3ccc4c(c3)OCO4)c2)c1Oc1ccc(C(=O)OC(C)(C)C)cc1.O. The normalized spacial score (nSPS) is 12.2. The molecule has 0 bridgehead atoms. The van der Waals surface area contributed by atoms with E-state index in [0.29, 0.717) is 17.2 Å². The Morgan fingerprint density at radius 1 is 0.978 bits per heavy atom. The number of hydrogen-bond acceptors (Lipinski definition) is 7. The number of fused-ring (bicyclic) bond motifs is 1. The molecular formula is C32H30F3N3O7. The van der Waals surface area contributed by atoms with E-state index in [4.69, 9.17) is 18.9 Å². The maximum atomic E-state index is 14.0. The number of alkyl halides is 3. The molecule has 0 fully saturated rings. The van der Waals surface area contributed by atoms with E-state index in [0.717, 1.165) is 10.8 Å². The lowest BCUT2D eigenvalue weighted by Crippen LogP contribution is -2.26. The van der Waals surface area contributed by atoms with Crippen LogP contribution < -0.4 is 19.1 Å². The fraction of sp³-hybridized carbons (Fsp3) is 0.219. The van der Waals surface area contributed by atoms with Crippen LogP contribution in [-0.4, -0.2) is 46.6 Å². The molecule has 0 saturated carbocycles. The first-order valence-electron chi connectivity index (χ1n) is 13.4. The van der Waals surface area contributed by atoms with Crippen molar-refractivity contribution in [2.45, 2.75) is 32.5 Å². The fourth-order valence-corrected chi connectivity index (χ4v) is 4.36. The van der Waals surface area contributed by atoms with Crippen LogP contribution in [0.5, 0.6) is 23.1 Å². The molecule has 45 heavy (non-hydrogen) atoms. The van der Waals surface area contributed by atoms with Crippen molar-refractivity contribution in [1.29, 1.82) is 0 Å². The van der Waals surface area contributed by atoms with Gasteiger partial charge in [-0.15, -0.1) is 0 Å². The topological polar surface area (TPSA) is 124 Å². The van der Waals surface area contributed by atoms with Crippen molar-refractivity contribution in [3.8, 4) is 28.8 Å². The maximum Gasteiger partial charge on any atom is 0.435 e. The zero-order valence-corrected chi connectivity index (χ0v) is 24.8. The van der Waals surface area contributed by atoms with Gasteiger partial charge in [0.1, 0.15) is 11.4 Å². The first kappa shape index (κ1) is 32.6. The number of nitrogens with zero attached hydrogens (tertiary/aromatic N) is 3. The Hall–Kier alpha value is -5.30. The first-order chi connectivity index (χ1) is 20.7. The van der Waals surface area contributed by atoms with Gasteiger partial charge in [-0.05, 0) is 75.4 Å². The highest BCUT2D eigenvalue weighted by Crippen LogP contribution is 2.40. The summed E-state index contributed by atoms with van der Waals surface area (Å²) in [6, 6.07) is 16.7. The molecule has 13 heteroatoms. The van der Waals surface area contributed by atoms with E-state index < -0.39 is 34.9 Å². The van der Waals surface area contributed by atoms with E-state index in [1.54, 1.807) is 46.0 Å². The second-order valence-electron chi connectivity index (χ2n) is 10.8. The van der Waals surface area contributed by atoms with Gasteiger partial charge in [0.2, 0.25) is 12.7 Å². The van der Waals surface area contributed by atoms with Gasteiger partial charge >= 0.3 is 12.1 Å². The van der Waals surface area contributed by atoms with E-state index in [-0.39, 0.29) is 40.7 Å². The summed E-state index contributed by atoms with van der Waals surface area (Å²) in [5, 5.41) is 3.81. The molecular weight excluding hydrogens is 595 g/mol. The molecule has 1 aliphatic rings. The number of hydrogen-bond donors (Lipinski definition) is 0. The van der Waals surface area contributed by atoms with Crippen molar-refractivity contribution in [1.82, 2.24) is 9.78 Å². The van der Waals surface area contributed by atoms with E-state index in [1.807, 2.05) is 0 Å². The predicted octanol–water partition coefficient (Wildman–Crippen LogP) is 6.46. The number of ether oxygens (including phenoxy) is 4. The summed E-state index contributed by atoms with van der Waals surface area (Å²) in [7, 11) is 1.56. The van der Waals surface area contributed by atoms with Gasteiger partial charge in [-0.2, -0.15) is 23.0 Å². The number of esters is 1. The molecule has 5 rings (SSSR count). The monoisotopic (exact) mass is 625 g/mol. The van der Waals surface area contributed by atoms with Gasteiger partial charge in [0.25, 0.3) is 5.91 Å². The van der Waals surface area contributed by atoms with Crippen LogP contribution >= 0.6 is 0 Å². The Morgan fingerprint density at radius 3 is 2.31 bits per heavy atom. The summed E-state index contributed by atoms with van der Waals surface area (Å²) in [5.74, 6) is -0.104. The molecule has 0 atom stereocenters. The smallest absolute Gasteiger partial charge is 0.435 e. The van der Waals surface area contributed by atoms with Crippen LogP contribution in [0.15, 0.2) is 73.3 Å². The van der Waals surface area contributed by atoms with Crippen molar-refractivity contribution in [2.24, 2.45) is 0 Å². The second-order valence-corrected chi connectivity index (χ2v) is 10.8. The Balaban J connectivity index is 0.00000461. The molecule has 236 valence electrons. The Bertz CT molecular complexity index is 1740. The highest BCUT2D eigenvalue weighted by Gasteiger charge is 2.39. The van der Waals surface area contributed by atoms with Crippen LogP contribution in [-0.2, 0) is 10.9 Å². The lowest BCUT2D eigenvalue weighted by molar-refractivity contribution is -0.141. The van der Waals surface area contributed by atoms with Crippen LogP contribution in [0.4, 0.5) is 18.9 Å². The van der Waals surface area contributed by atoms with Gasteiger partial charge < -0.3 is 29.3 Å². The molecule has 2 heterocycles. The highest BCUT2D eigenvalue weighted by atomic mass is 19.4. The third-order valence-corrected chi connectivity index (χ3v) is 6.44. The largest absolute Gasteiger partial charge is 0.456 e. The second kappa shape index (κ2) is 12.4. The van der Waals surface area contributed by atoms with Gasteiger partial charge in [-0.3, -0.25) is 4.79 Å². The minimum atomic E-state index is -4.83. The molecule has 2 N–H and O–H groups in total. The molecule has 4 aromatic rings. The number of amides is 1. The third-order valence-electron chi connectivity index (χ3n) is 6.44. The molecule has 0 radical (unpaired) electrons. The summed E-state index contributed by atoms with van der Waals surface area (Å²) in [6.45, 7) is 8.81. The van der Waals surface area contributed by atoms with Crippen molar-refractivity contribution < 1.29 is 47.2 Å². The van der Waals surface area contributed by atoms with Crippen LogP contribution in [0.25, 0.3) is 11.8 Å². The zero-order valence-electron chi connectivity index (χ0n) is 24.8. The van der Waals surface area contributed by atoms with Crippen molar-refractivity contribution in [3.63, 3.8) is 0 Å². The maximum absolute atomic E-state index is 14.0. The quantitative estimate of drug-likeness (QED) is 0.216. The van der Waals surface area contributed by atoms with Crippen LogP contribution in [0.3, 0.4) is 0 Å².